The van der Waals surface area contributed by atoms with Crippen LogP contribution in [-0.2, 0) is 22.9 Å². The highest BCUT2D eigenvalue weighted by atomic mass is 32.2. The van der Waals surface area contributed by atoms with E-state index in [4.69, 9.17) is 4.74 Å². The number of nitrogens with zero attached hydrogens (tertiary/aromatic N) is 1. The minimum Gasteiger partial charge on any atom is -0.497 e. The van der Waals surface area contributed by atoms with Crippen LogP contribution in [0.15, 0.2) is 52.4 Å². The molecule has 2 N–H and O–H groups in total. The maximum absolute atomic E-state index is 12.7. The van der Waals surface area contributed by atoms with Crippen LogP contribution in [-0.4, -0.2) is 40.9 Å². The van der Waals surface area contributed by atoms with Gasteiger partial charge in [0.25, 0.3) is 0 Å². The lowest BCUT2D eigenvalue weighted by Gasteiger charge is -2.15. The first-order chi connectivity index (χ1) is 14.2. The Morgan fingerprint density at radius 1 is 1.13 bits per heavy atom. The number of sulfone groups is 1. The highest BCUT2D eigenvalue weighted by Gasteiger charge is 2.12. The molecule has 0 radical (unpaired) electrons. The van der Waals surface area contributed by atoms with Crippen molar-refractivity contribution in [3.8, 4) is 11.5 Å². The van der Waals surface area contributed by atoms with Gasteiger partial charge in [-0.25, -0.2) is 13.4 Å². The van der Waals surface area contributed by atoms with Crippen molar-refractivity contribution in [1.82, 2.24) is 10.6 Å². The molecule has 2 aromatic rings. The molecule has 0 heterocycles. The van der Waals surface area contributed by atoms with E-state index in [1.807, 2.05) is 6.92 Å². The zero-order chi connectivity index (χ0) is 22.1. The third-order valence-electron chi connectivity index (χ3n) is 4.05. The molecule has 0 aromatic heterocycles. The lowest BCUT2D eigenvalue weighted by atomic mass is 10.2. The molecule has 0 aliphatic heterocycles. The molecular formula is C20H25F2N3O4S. The van der Waals surface area contributed by atoms with Crippen molar-refractivity contribution in [3.05, 3.63) is 53.6 Å². The highest BCUT2D eigenvalue weighted by molar-refractivity contribution is 7.90. The van der Waals surface area contributed by atoms with Crippen LogP contribution in [0.2, 0.25) is 0 Å². The van der Waals surface area contributed by atoms with Gasteiger partial charge in [0.2, 0.25) is 0 Å². The Morgan fingerprint density at radius 3 is 2.40 bits per heavy atom. The third kappa shape index (κ3) is 7.18. The maximum atomic E-state index is 12.7. The fraction of sp³-hybridized carbons (Fsp3) is 0.350. The van der Waals surface area contributed by atoms with Crippen molar-refractivity contribution in [1.29, 1.82) is 0 Å². The van der Waals surface area contributed by atoms with Crippen molar-refractivity contribution < 1.29 is 26.7 Å². The molecule has 0 aliphatic rings. The lowest BCUT2D eigenvalue weighted by molar-refractivity contribution is -0.0505. The Hall–Kier alpha value is -2.88. The van der Waals surface area contributed by atoms with Gasteiger partial charge < -0.3 is 20.1 Å². The zero-order valence-electron chi connectivity index (χ0n) is 17.0. The number of aliphatic imine (C=N–C) groups is 1. The third-order valence-corrected chi connectivity index (χ3v) is 5.17. The van der Waals surface area contributed by atoms with Crippen LogP contribution in [0.25, 0.3) is 0 Å². The van der Waals surface area contributed by atoms with Gasteiger partial charge in [0.1, 0.15) is 11.5 Å². The lowest BCUT2D eigenvalue weighted by Crippen LogP contribution is -2.36. The van der Waals surface area contributed by atoms with E-state index in [0.717, 1.165) is 11.8 Å². The van der Waals surface area contributed by atoms with E-state index >= 15 is 0 Å². The number of guanidine groups is 1. The summed E-state index contributed by atoms with van der Waals surface area (Å²) in [6, 6.07) is 11.0. The fourth-order valence-corrected chi connectivity index (χ4v) is 3.20. The number of hydrogen-bond donors (Lipinski definition) is 2. The molecule has 0 amide bonds. The summed E-state index contributed by atoms with van der Waals surface area (Å²) in [4.78, 5) is 4.69. The van der Waals surface area contributed by atoms with E-state index < -0.39 is 16.4 Å². The van der Waals surface area contributed by atoms with Crippen LogP contribution in [0, 0.1) is 0 Å². The second kappa shape index (κ2) is 10.8. The molecule has 2 aromatic carbocycles. The van der Waals surface area contributed by atoms with Crippen LogP contribution < -0.4 is 20.1 Å². The number of nitrogens with one attached hydrogen (secondary N) is 2. The molecule has 0 saturated heterocycles. The number of benzene rings is 2. The summed E-state index contributed by atoms with van der Waals surface area (Å²) in [5.74, 6) is 1.03. The molecule has 10 heteroatoms. The average molecular weight is 442 g/mol. The summed E-state index contributed by atoms with van der Waals surface area (Å²) in [5.41, 5.74) is 1.31. The Kier molecular flexibility index (Phi) is 8.40. The van der Waals surface area contributed by atoms with E-state index in [1.54, 1.807) is 24.3 Å². The molecule has 0 aliphatic carbocycles. The second-order valence-corrected chi connectivity index (χ2v) is 8.33. The van der Waals surface area contributed by atoms with Crippen LogP contribution in [0.5, 0.6) is 11.5 Å². The topological polar surface area (TPSA) is 89.0 Å². The molecule has 0 unspecified atom stereocenters. The first kappa shape index (κ1) is 23.4. The summed E-state index contributed by atoms with van der Waals surface area (Å²) < 4.78 is 58.1. The molecule has 0 atom stereocenters. The van der Waals surface area contributed by atoms with Gasteiger partial charge >= 0.3 is 6.61 Å². The minimum absolute atomic E-state index is 0.0468. The van der Waals surface area contributed by atoms with Gasteiger partial charge in [0, 0.05) is 24.9 Å². The standard InChI is InChI=1S/C20H25F2N3O4S/c1-4-23-20(24-12-14-5-8-17(9-6-14)30(3,26)27)25-13-15-11-16(28-2)7-10-18(15)29-19(21)22/h5-11,19H,4,12-13H2,1-3H3,(H2,23,24,25). The van der Waals surface area contributed by atoms with Gasteiger partial charge in [-0.1, -0.05) is 12.1 Å². The van der Waals surface area contributed by atoms with Gasteiger partial charge in [0.05, 0.1) is 18.6 Å². The molecule has 7 nitrogen and oxygen atoms in total. The largest absolute Gasteiger partial charge is 0.497 e. The van der Waals surface area contributed by atoms with Crippen molar-refractivity contribution in [2.45, 2.75) is 31.5 Å². The minimum atomic E-state index is -3.25. The van der Waals surface area contributed by atoms with Crippen LogP contribution in [0.3, 0.4) is 0 Å². The van der Waals surface area contributed by atoms with Crippen molar-refractivity contribution >= 4 is 15.8 Å². The van der Waals surface area contributed by atoms with Crippen molar-refractivity contribution in [2.24, 2.45) is 4.99 Å². The number of alkyl halides is 2. The predicted molar refractivity (Wildman–Crippen MR) is 111 cm³/mol. The number of hydrogen-bond acceptors (Lipinski definition) is 5. The summed E-state index contributed by atoms with van der Waals surface area (Å²) in [6.07, 6.45) is 1.15. The molecular weight excluding hydrogens is 416 g/mol. The monoisotopic (exact) mass is 441 g/mol. The van der Waals surface area contributed by atoms with Gasteiger partial charge in [-0.05, 0) is 42.8 Å². The average Bonchev–Trinajstić information content (AvgIpc) is 2.70. The van der Waals surface area contributed by atoms with E-state index in [9.17, 15) is 17.2 Å². The molecule has 2 rings (SSSR count). The molecule has 0 fully saturated rings. The predicted octanol–water partition coefficient (Wildman–Crippen LogP) is 2.96. The Bertz CT molecular complexity index is 965. The van der Waals surface area contributed by atoms with Gasteiger partial charge in [-0.2, -0.15) is 8.78 Å². The summed E-state index contributed by atoms with van der Waals surface area (Å²) in [6.45, 7) is 0.0384. The highest BCUT2D eigenvalue weighted by Crippen LogP contribution is 2.25. The zero-order valence-corrected chi connectivity index (χ0v) is 17.8. The number of ether oxygens (including phenoxy) is 2. The van der Waals surface area contributed by atoms with Gasteiger partial charge in [-0.3, -0.25) is 0 Å². The van der Waals surface area contributed by atoms with Crippen molar-refractivity contribution in [2.75, 3.05) is 19.9 Å². The van der Waals surface area contributed by atoms with E-state index in [0.29, 0.717) is 30.4 Å². The Morgan fingerprint density at radius 2 is 1.83 bits per heavy atom. The maximum Gasteiger partial charge on any atom is 0.387 e. The Labute approximate surface area is 175 Å². The molecule has 30 heavy (non-hydrogen) atoms. The van der Waals surface area contributed by atoms with E-state index in [-0.39, 0.29) is 17.2 Å². The molecule has 0 saturated carbocycles. The van der Waals surface area contributed by atoms with E-state index in [2.05, 4.69) is 20.4 Å². The van der Waals surface area contributed by atoms with E-state index in [1.165, 1.54) is 25.3 Å². The summed E-state index contributed by atoms with van der Waals surface area (Å²) >= 11 is 0. The first-order valence-electron chi connectivity index (χ1n) is 9.15. The van der Waals surface area contributed by atoms with Gasteiger partial charge in [0.15, 0.2) is 15.8 Å². The fourth-order valence-electron chi connectivity index (χ4n) is 2.56. The summed E-state index contributed by atoms with van der Waals surface area (Å²) in [5, 5.41) is 6.14. The number of halogens is 2. The number of rotatable bonds is 9. The first-order valence-corrected chi connectivity index (χ1v) is 11.0. The second-order valence-electron chi connectivity index (χ2n) is 6.32. The normalized spacial score (nSPS) is 12.0. The number of methoxy groups -OCH3 is 1. The Balaban J connectivity index is 2.12. The van der Waals surface area contributed by atoms with Crippen LogP contribution in [0.4, 0.5) is 8.78 Å². The van der Waals surface area contributed by atoms with Crippen LogP contribution in [0.1, 0.15) is 18.1 Å². The molecule has 164 valence electrons. The smallest absolute Gasteiger partial charge is 0.387 e. The van der Waals surface area contributed by atoms with Crippen LogP contribution >= 0.6 is 0 Å². The van der Waals surface area contributed by atoms with Gasteiger partial charge in [-0.15, -0.1) is 0 Å². The summed E-state index contributed by atoms with van der Waals surface area (Å²) in [7, 11) is -1.77. The van der Waals surface area contributed by atoms with Crippen molar-refractivity contribution in [3.63, 3.8) is 0 Å². The molecule has 0 spiro atoms. The quantitative estimate of drug-likeness (QED) is 0.460. The SMILES string of the molecule is CCNC(=NCc1ccc(S(C)(=O)=O)cc1)NCc1cc(OC)ccc1OC(F)F. The molecule has 0 bridgehead atoms.